The lowest BCUT2D eigenvalue weighted by Crippen LogP contribution is -2.56. The average molecular weight is 437 g/mol. The second kappa shape index (κ2) is 9.33. The van der Waals surface area contributed by atoms with Crippen LogP contribution in [-0.2, 0) is 9.53 Å². The van der Waals surface area contributed by atoms with Gasteiger partial charge in [0.25, 0.3) is 0 Å². The number of hydrogen-bond acceptors (Lipinski definition) is 4. The highest BCUT2D eigenvalue weighted by Crippen LogP contribution is 2.68. The molecule has 0 aromatic heterocycles. The van der Waals surface area contributed by atoms with Gasteiger partial charge in [0.1, 0.15) is 0 Å². The van der Waals surface area contributed by atoms with Crippen molar-refractivity contribution in [3.63, 3.8) is 0 Å². The number of hydrogen-bond donors (Lipinski definition) is 2. The van der Waals surface area contributed by atoms with E-state index < -0.39 is 5.79 Å². The molecule has 0 amide bonds. The number of ether oxygens (including phenoxy) is 1. The first-order valence-electron chi connectivity index (χ1n) is 13.1. The highest BCUT2D eigenvalue weighted by molar-refractivity contribution is 5.69. The van der Waals surface area contributed by atoms with Gasteiger partial charge in [-0.25, -0.2) is 0 Å². The number of methoxy groups -OCH3 is 1. The van der Waals surface area contributed by atoms with Crippen molar-refractivity contribution < 1.29 is 19.7 Å². The Morgan fingerprint density at radius 1 is 0.968 bits per heavy atom. The molecular weight excluding hydrogens is 388 g/mol. The summed E-state index contributed by atoms with van der Waals surface area (Å²) in [6, 6.07) is 0. The topological polar surface area (TPSA) is 66.8 Å². The quantitative estimate of drug-likeness (QED) is 0.423. The maximum atomic E-state index is 11.6. The molecule has 4 aliphatic rings. The third-order valence-electron chi connectivity index (χ3n) is 10.5. The van der Waals surface area contributed by atoms with Crippen molar-refractivity contribution in [2.45, 2.75) is 111 Å². The molecule has 180 valence electrons. The second-order valence-electron chi connectivity index (χ2n) is 11.7. The van der Waals surface area contributed by atoms with Crippen molar-refractivity contribution in [3.05, 3.63) is 0 Å². The van der Waals surface area contributed by atoms with E-state index in [1.165, 1.54) is 39.2 Å². The van der Waals surface area contributed by atoms with E-state index in [1.54, 1.807) is 0 Å². The summed E-state index contributed by atoms with van der Waals surface area (Å²) in [7, 11) is 1.49. The minimum absolute atomic E-state index is 0.0763. The van der Waals surface area contributed by atoms with Gasteiger partial charge in [-0.3, -0.25) is 4.79 Å². The van der Waals surface area contributed by atoms with Crippen molar-refractivity contribution in [2.75, 3.05) is 7.11 Å². The first kappa shape index (κ1) is 25.0. The molecule has 0 spiro atoms. The van der Waals surface area contributed by atoms with Crippen LogP contribution in [0.2, 0.25) is 0 Å². The van der Waals surface area contributed by atoms with Crippen molar-refractivity contribution in [3.8, 4) is 0 Å². The van der Waals surface area contributed by atoms with Crippen LogP contribution in [0, 0.1) is 46.3 Å². The van der Waals surface area contributed by atoms with Crippen molar-refractivity contribution in [2.24, 2.45) is 46.3 Å². The van der Waals surface area contributed by atoms with Crippen LogP contribution in [0.4, 0.5) is 0 Å². The molecule has 0 saturated heterocycles. The third-order valence-corrected chi connectivity index (χ3v) is 10.5. The summed E-state index contributed by atoms with van der Waals surface area (Å²) in [5, 5.41) is 20.5. The smallest absolute Gasteiger partial charge is 0.305 e. The van der Waals surface area contributed by atoms with E-state index in [2.05, 4.69) is 20.8 Å². The van der Waals surface area contributed by atoms with Crippen LogP contribution in [0.15, 0.2) is 0 Å². The summed E-state index contributed by atoms with van der Waals surface area (Å²) in [6.45, 7) is 11.4. The van der Waals surface area contributed by atoms with Crippen LogP contribution >= 0.6 is 0 Å². The van der Waals surface area contributed by atoms with Crippen LogP contribution in [0.25, 0.3) is 0 Å². The fourth-order valence-corrected chi connectivity index (χ4v) is 8.85. The molecule has 2 N–H and O–H groups in total. The highest BCUT2D eigenvalue weighted by Gasteiger charge is 2.61. The van der Waals surface area contributed by atoms with E-state index in [9.17, 15) is 15.0 Å². The maximum absolute atomic E-state index is 11.6. The molecule has 0 aromatic rings. The summed E-state index contributed by atoms with van der Waals surface area (Å²) >= 11 is 0. The van der Waals surface area contributed by atoms with E-state index in [0.717, 1.165) is 42.9 Å². The molecule has 8 atom stereocenters. The van der Waals surface area contributed by atoms with E-state index in [1.807, 2.05) is 13.8 Å². The van der Waals surface area contributed by atoms with E-state index in [4.69, 9.17) is 4.74 Å². The molecule has 4 saturated carbocycles. The van der Waals surface area contributed by atoms with Crippen molar-refractivity contribution >= 4 is 5.97 Å². The van der Waals surface area contributed by atoms with Crippen LogP contribution < -0.4 is 0 Å². The molecule has 31 heavy (non-hydrogen) atoms. The predicted molar refractivity (Wildman–Crippen MR) is 124 cm³/mol. The number of fused-ring (bicyclic) bond motifs is 5. The van der Waals surface area contributed by atoms with Crippen molar-refractivity contribution in [1.29, 1.82) is 0 Å². The number of esters is 1. The zero-order chi connectivity index (χ0) is 23.0. The van der Waals surface area contributed by atoms with Gasteiger partial charge in [0, 0.05) is 19.3 Å². The standard InChI is InChI=1S/C25H42O4.C2H6/c1-16(5-10-22(26)29-4)19-8-9-20-18-7-6-17-15-25(27,28)14-13-23(17,2)21(18)11-12-24(19,20)3;1-2/h16-21,27-28H,5-15H2,1-4H3;1-2H3. The van der Waals surface area contributed by atoms with Crippen LogP contribution in [0.5, 0.6) is 0 Å². The molecule has 0 aliphatic heterocycles. The molecule has 4 heteroatoms. The lowest BCUT2D eigenvalue weighted by Gasteiger charge is -2.61. The van der Waals surface area contributed by atoms with Gasteiger partial charge in [-0.2, -0.15) is 0 Å². The van der Waals surface area contributed by atoms with Gasteiger partial charge >= 0.3 is 5.97 Å². The zero-order valence-electron chi connectivity index (χ0n) is 21.0. The molecule has 4 aliphatic carbocycles. The maximum Gasteiger partial charge on any atom is 0.305 e. The predicted octanol–water partition coefficient (Wildman–Crippen LogP) is 5.94. The minimum atomic E-state index is -1.44. The van der Waals surface area contributed by atoms with Gasteiger partial charge in [0.2, 0.25) is 0 Å². The summed E-state index contributed by atoms with van der Waals surface area (Å²) in [5.74, 6) is 2.61. The highest BCUT2D eigenvalue weighted by atomic mass is 16.5. The zero-order valence-corrected chi connectivity index (χ0v) is 21.0. The minimum Gasteiger partial charge on any atom is -0.469 e. The molecule has 0 radical (unpaired) electrons. The van der Waals surface area contributed by atoms with Crippen LogP contribution in [0.1, 0.15) is 105 Å². The Bertz CT molecular complexity index is 631. The molecule has 4 rings (SSSR count). The van der Waals surface area contributed by atoms with E-state index in [-0.39, 0.29) is 11.4 Å². The fourth-order valence-electron chi connectivity index (χ4n) is 8.85. The van der Waals surface area contributed by atoms with Crippen LogP contribution in [-0.4, -0.2) is 29.1 Å². The van der Waals surface area contributed by atoms with Crippen LogP contribution in [0.3, 0.4) is 0 Å². The van der Waals surface area contributed by atoms with Crippen molar-refractivity contribution in [1.82, 2.24) is 0 Å². The van der Waals surface area contributed by atoms with E-state index in [0.29, 0.717) is 36.5 Å². The first-order valence-corrected chi connectivity index (χ1v) is 13.1. The first-order chi connectivity index (χ1) is 14.6. The largest absolute Gasteiger partial charge is 0.469 e. The molecule has 4 fully saturated rings. The summed E-state index contributed by atoms with van der Waals surface area (Å²) in [5.41, 5.74) is 0.695. The van der Waals surface area contributed by atoms with Gasteiger partial charge in [-0.15, -0.1) is 0 Å². The lowest BCUT2D eigenvalue weighted by atomic mass is 9.44. The Balaban J connectivity index is 0.00000132. The van der Waals surface area contributed by atoms with Gasteiger partial charge in [0.15, 0.2) is 5.79 Å². The number of aliphatic hydroxyl groups is 2. The monoisotopic (exact) mass is 436 g/mol. The average Bonchev–Trinajstić information content (AvgIpc) is 3.11. The number of carbonyl (C=O) groups is 1. The van der Waals surface area contributed by atoms with Gasteiger partial charge in [-0.05, 0) is 97.7 Å². The Kier molecular flexibility index (Phi) is 7.53. The van der Waals surface area contributed by atoms with Gasteiger partial charge < -0.3 is 14.9 Å². The molecule has 0 aromatic carbocycles. The van der Waals surface area contributed by atoms with Gasteiger partial charge in [0.05, 0.1) is 7.11 Å². The second-order valence-corrected chi connectivity index (χ2v) is 11.7. The summed E-state index contributed by atoms with van der Waals surface area (Å²) in [6.07, 6.45) is 11.3. The fraction of sp³-hybridized carbons (Fsp3) is 0.963. The Labute approximate surface area is 190 Å². The molecule has 4 nitrogen and oxygen atoms in total. The Morgan fingerprint density at radius 3 is 2.32 bits per heavy atom. The molecule has 8 unspecified atom stereocenters. The normalized spacial score (nSPS) is 44.1. The number of carbonyl (C=O) groups excluding carboxylic acids is 1. The Morgan fingerprint density at radius 2 is 1.65 bits per heavy atom. The molecule has 0 heterocycles. The Hall–Kier alpha value is -0.610. The molecule has 0 bridgehead atoms. The van der Waals surface area contributed by atoms with E-state index >= 15 is 0 Å². The lowest BCUT2D eigenvalue weighted by molar-refractivity contribution is -0.233. The third kappa shape index (κ3) is 4.45. The molecular formula is C27H48O4. The van der Waals surface area contributed by atoms with Gasteiger partial charge in [-0.1, -0.05) is 34.6 Å². The summed E-state index contributed by atoms with van der Waals surface area (Å²) in [4.78, 5) is 11.6. The summed E-state index contributed by atoms with van der Waals surface area (Å²) < 4.78 is 4.87. The number of rotatable bonds is 4. The SMILES string of the molecule is CC.COC(=O)CCC(C)C1CCC2C3CCC4CC(O)(O)CCC4(C)C3CCC12C.